The van der Waals surface area contributed by atoms with Crippen molar-refractivity contribution in [3.8, 4) is 0 Å². The molecule has 0 aliphatic carbocycles. The van der Waals surface area contributed by atoms with Gasteiger partial charge in [-0.3, -0.25) is 0 Å². The van der Waals surface area contributed by atoms with Gasteiger partial charge in [0, 0.05) is 12.6 Å². The predicted molar refractivity (Wildman–Crippen MR) is 70.7 cm³/mol. The molecule has 0 aromatic carbocycles. The van der Waals surface area contributed by atoms with Crippen LogP contribution in [0.2, 0.25) is 0 Å². The highest BCUT2D eigenvalue weighted by Crippen LogP contribution is 2.09. The minimum absolute atomic E-state index is 0.539. The van der Waals surface area contributed by atoms with Crippen molar-refractivity contribution in [1.82, 2.24) is 20.1 Å². The van der Waals surface area contributed by atoms with E-state index in [4.69, 9.17) is 0 Å². The molecule has 1 rings (SSSR count). The van der Waals surface area contributed by atoms with Gasteiger partial charge in [0.05, 0.1) is 6.54 Å². The monoisotopic (exact) mass is 238 g/mol. The molecule has 4 heteroatoms. The van der Waals surface area contributed by atoms with Gasteiger partial charge in [0.2, 0.25) is 0 Å². The Morgan fingerprint density at radius 2 is 2.12 bits per heavy atom. The van der Waals surface area contributed by atoms with E-state index in [9.17, 15) is 0 Å². The van der Waals surface area contributed by atoms with Gasteiger partial charge >= 0.3 is 0 Å². The van der Waals surface area contributed by atoms with Crippen LogP contribution < -0.4 is 5.32 Å². The molecule has 0 saturated heterocycles. The van der Waals surface area contributed by atoms with Crippen LogP contribution in [0.3, 0.4) is 0 Å². The molecule has 0 bridgehead atoms. The first-order valence-corrected chi connectivity index (χ1v) is 6.77. The number of hydrogen-bond acceptors (Lipinski definition) is 3. The highest BCUT2D eigenvalue weighted by molar-refractivity contribution is 4.84. The number of rotatable bonds is 8. The van der Waals surface area contributed by atoms with Crippen molar-refractivity contribution in [2.45, 2.75) is 66.1 Å². The molecule has 4 nitrogen and oxygen atoms in total. The van der Waals surface area contributed by atoms with Gasteiger partial charge in [-0.1, -0.05) is 27.2 Å². The van der Waals surface area contributed by atoms with E-state index in [1.807, 2.05) is 4.68 Å². The standard InChI is InChI=1S/C13H26N4/c1-5-7-17-13(15-10-16-17)9-14-12(4)8-11(3)6-2/h10-12,14H,5-9H2,1-4H3. The summed E-state index contributed by atoms with van der Waals surface area (Å²) in [7, 11) is 0. The summed E-state index contributed by atoms with van der Waals surface area (Å²) < 4.78 is 1.99. The molecule has 17 heavy (non-hydrogen) atoms. The quantitative estimate of drug-likeness (QED) is 0.757. The van der Waals surface area contributed by atoms with E-state index in [1.165, 1.54) is 12.8 Å². The summed E-state index contributed by atoms with van der Waals surface area (Å²) in [6.07, 6.45) is 5.21. The minimum Gasteiger partial charge on any atom is -0.307 e. The average molecular weight is 238 g/mol. The van der Waals surface area contributed by atoms with E-state index in [2.05, 4.69) is 43.1 Å². The van der Waals surface area contributed by atoms with Gasteiger partial charge < -0.3 is 5.32 Å². The largest absolute Gasteiger partial charge is 0.307 e. The number of nitrogens with zero attached hydrogens (tertiary/aromatic N) is 3. The fourth-order valence-electron chi connectivity index (χ4n) is 1.94. The molecule has 0 radical (unpaired) electrons. The fraction of sp³-hybridized carbons (Fsp3) is 0.846. The van der Waals surface area contributed by atoms with E-state index in [0.717, 1.165) is 31.3 Å². The molecule has 0 amide bonds. The van der Waals surface area contributed by atoms with E-state index >= 15 is 0 Å². The van der Waals surface area contributed by atoms with Crippen molar-refractivity contribution in [3.63, 3.8) is 0 Å². The topological polar surface area (TPSA) is 42.7 Å². The summed E-state index contributed by atoms with van der Waals surface area (Å²) >= 11 is 0. The van der Waals surface area contributed by atoms with Gasteiger partial charge in [-0.15, -0.1) is 0 Å². The van der Waals surface area contributed by atoms with Gasteiger partial charge in [0.25, 0.3) is 0 Å². The van der Waals surface area contributed by atoms with Gasteiger partial charge in [0.1, 0.15) is 12.2 Å². The highest BCUT2D eigenvalue weighted by Gasteiger charge is 2.09. The first-order chi connectivity index (χ1) is 8.17. The van der Waals surface area contributed by atoms with Crippen molar-refractivity contribution >= 4 is 0 Å². The van der Waals surface area contributed by atoms with Gasteiger partial charge in [-0.2, -0.15) is 5.10 Å². The third-order valence-electron chi connectivity index (χ3n) is 3.19. The molecule has 1 aromatic rings. The number of aromatic nitrogens is 3. The van der Waals surface area contributed by atoms with Crippen LogP contribution in [0.25, 0.3) is 0 Å². The van der Waals surface area contributed by atoms with Crippen LogP contribution in [0.1, 0.15) is 52.8 Å². The molecule has 0 fully saturated rings. The van der Waals surface area contributed by atoms with Crippen LogP contribution >= 0.6 is 0 Å². The Morgan fingerprint density at radius 1 is 1.35 bits per heavy atom. The molecule has 0 aliphatic heterocycles. The molecule has 1 heterocycles. The smallest absolute Gasteiger partial charge is 0.140 e. The zero-order valence-corrected chi connectivity index (χ0v) is 11.6. The zero-order chi connectivity index (χ0) is 12.7. The normalized spacial score (nSPS) is 14.8. The average Bonchev–Trinajstić information content (AvgIpc) is 2.74. The second-order valence-corrected chi connectivity index (χ2v) is 4.93. The molecular weight excluding hydrogens is 212 g/mol. The maximum absolute atomic E-state index is 4.30. The number of hydrogen-bond donors (Lipinski definition) is 1. The fourth-order valence-corrected chi connectivity index (χ4v) is 1.94. The van der Waals surface area contributed by atoms with Gasteiger partial charge in [0.15, 0.2) is 0 Å². The Labute approximate surface area is 105 Å². The number of nitrogens with one attached hydrogen (secondary N) is 1. The highest BCUT2D eigenvalue weighted by atomic mass is 15.3. The zero-order valence-electron chi connectivity index (χ0n) is 11.6. The van der Waals surface area contributed by atoms with E-state index in [0.29, 0.717) is 6.04 Å². The lowest BCUT2D eigenvalue weighted by atomic mass is 10.0. The van der Waals surface area contributed by atoms with Crippen molar-refractivity contribution < 1.29 is 0 Å². The molecule has 0 spiro atoms. The lowest BCUT2D eigenvalue weighted by Gasteiger charge is -2.17. The Bertz CT molecular complexity index is 308. The SMILES string of the molecule is CCCn1ncnc1CNC(C)CC(C)CC. The Kier molecular flexibility index (Phi) is 6.19. The van der Waals surface area contributed by atoms with Gasteiger partial charge in [-0.25, -0.2) is 9.67 Å². The van der Waals surface area contributed by atoms with Crippen molar-refractivity contribution in [1.29, 1.82) is 0 Å². The minimum atomic E-state index is 0.539. The van der Waals surface area contributed by atoms with Crippen molar-refractivity contribution in [2.75, 3.05) is 0 Å². The molecular formula is C13H26N4. The first-order valence-electron chi connectivity index (χ1n) is 6.77. The summed E-state index contributed by atoms with van der Waals surface area (Å²) in [5.41, 5.74) is 0. The lowest BCUT2D eigenvalue weighted by molar-refractivity contribution is 0.403. The summed E-state index contributed by atoms with van der Waals surface area (Å²) in [4.78, 5) is 4.30. The Hall–Kier alpha value is -0.900. The van der Waals surface area contributed by atoms with E-state index in [1.54, 1.807) is 6.33 Å². The van der Waals surface area contributed by atoms with Crippen molar-refractivity contribution in [3.05, 3.63) is 12.2 Å². The summed E-state index contributed by atoms with van der Waals surface area (Å²) in [6, 6.07) is 0.539. The number of aryl methyl sites for hydroxylation is 1. The van der Waals surface area contributed by atoms with E-state index < -0.39 is 0 Å². The third-order valence-corrected chi connectivity index (χ3v) is 3.19. The first kappa shape index (κ1) is 14.2. The summed E-state index contributed by atoms with van der Waals surface area (Å²) in [5, 5.41) is 7.75. The predicted octanol–water partition coefficient (Wildman–Crippen LogP) is 2.60. The maximum atomic E-state index is 4.30. The van der Waals surface area contributed by atoms with E-state index in [-0.39, 0.29) is 0 Å². The van der Waals surface area contributed by atoms with Gasteiger partial charge in [-0.05, 0) is 25.7 Å². The molecule has 0 saturated carbocycles. The second kappa shape index (κ2) is 7.43. The van der Waals surface area contributed by atoms with Crippen LogP contribution in [0.15, 0.2) is 6.33 Å². The molecule has 98 valence electrons. The van der Waals surface area contributed by atoms with Crippen LogP contribution in [0, 0.1) is 5.92 Å². The molecule has 2 atom stereocenters. The molecule has 2 unspecified atom stereocenters. The molecule has 1 aromatic heterocycles. The maximum Gasteiger partial charge on any atom is 0.140 e. The van der Waals surface area contributed by atoms with Crippen LogP contribution in [0.5, 0.6) is 0 Å². The molecule has 0 aliphatic rings. The van der Waals surface area contributed by atoms with Crippen LogP contribution in [0.4, 0.5) is 0 Å². The summed E-state index contributed by atoms with van der Waals surface area (Å²) in [5.74, 6) is 1.83. The van der Waals surface area contributed by atoms with Crippen molar-refractivity contribution in [2.24, 2.45) is 5.92 Å². The molecule has 1 N–H and O–H groups in total. The Balaban J connectivity index is 2.36. The van der Waals surface area contributed by atoms with Crippen LogP contribution in [-0.2, 0) is 13.1 Å². The Morgan fingerprint density at radius 3 is 2.76 bits per heavy atom. The van der Waals surface area contributed by atoms with Crippen LogP contribution in [-0.4, -0.2) is 20.8 Å². The second-order valence-electron chi connectivity index (χ2n) is 4.93. The third kappa shape index (κ3) is 4.86. The summed E-state index contributed by atoms with van der Waals surface area (Å²) in [6.45, 7) is 10.7. The lowest BCUT2D eigenvalue weighted by Crippen LogP contribution is -2.28.